The van der Waals surface area contributed by atoms with Gasteiger partial charge < -0.3 is 16.4 Å². The van der Waals surface area contributed by atoms with Crippen molar-refractivity contribution in [2.75, 3.05) is 25.5 Å². The summed E-state index contributed by atoms with van der Waals surface area (Å²) in [5.74, 6) is -0.436. The Morgan fingerprint density at radius 2 is 2.20 bits per heavy atom. The predicted molar refractivity (Wildman–Crippen MR) is 65.1 cm³/mol. The molecule has 0 aliphatic carbocycles. The molecule has 0 aliphatic rings. The summed E-state index contributed by atoms with van der Waals surface area (Å²) in [6.07, 6.45) is 0. The maximum Gasteiger partial charge on any atom is 0.251 e. The fourth-order valence-electron chi connectivity index (χ4n) is 1.24. The van der Waals surface area contributed by atoms with Crippen molar-refractivity contribution in [2.24, 2.45) is 5.73 Å². The van der Waals surface area contributed by atoms with Crippen molar-refractivity contribution in [1.29, 1.82) is 0 Å². The van der Waals surface area contributed by atoms with E-state index in [-0.39, 0.29) is 0 Å². The van der Waals surface area contributed by atoms with Gasteiger partial charge >= 0.3 is 0 Å². The number of anilines is 1. The molecule has 1 amide bonds. The van der Waals surface area contributed by atoms with Crippen LogP contribution in [-0.2, 0) is 0 Å². The topological polar surface area (TPSA) is 67.2 Å². The molecule has 4 N–H and O–H groups in total. The number of carbonyl (C=O) groups excluding carboxylic acids is 1. The number of hydrogen-bond acceptors (Lipinski definition) is 3. The lowest BCUT2D eigenvalue weighted by atomic mass is 10.1. The van der Waals surface area contributed by atoms with E-state index in [1.165, 1.54) is 0 Å². The Morgan fingerprint density at radius 1 is 1.47 bits per heavy atom. The minimum Gasteiger partial charge on any atom is -0.383 e. The van der Waals surface area contributed by atoms with Crippen LogP contribution in [0.25, 0.3) is 0 Å². The van der Waals surface area contributed by atoms with Crippen molar-refractivity contribution in [1.82, 2.24) is 5.32 Å². The van der Waals surface area contributed by atoms with Gasteiger partial charge in [-0.15, -0.1) is 0 Å². The number of nitrogens with one attached hydrogen (secondary N) is 2. The predicted octanol–water partition coefficient (Wildman–Crippen LogP) is 1.18. The molecule has 0 saturated carbocycles. The second-order valence-electron chi connectivity index (χ2n) is 3.06. The highest BCUT2D eigenvalue weighted by molar-refractivity contribution is 9.10. The third kappa shape index (κ3) is 3.21. The summed E-state index contributed by atoms with van der Waals surface area (Å²) in [5.41, 5.74) is 6.55. The summed E-state index contributed by atoms with van der Waals surface area (Å²) in [6, 6.07) is 5.49. The van der Waals surface area contributed by atoms with Crippen LogP contribution >= 0.6 is 15.9 Å². The summed E-state index contributed by atoms with van der Waals surface area (Å²) in [4.78, 5) is 11.2. The first-order valence-electron chi connectivity index (χ1n) is 4.63. The molecule has 82 valence electrons. The zero-order chi connectivity index (χ0) is 11.3. The second kappa shape index (κ2) is 5.72. The third-order valence-corrected chi connectivity index (χ3v) is 2.61. The molecule has 4 nitrogen and oxygen atoms in total. The van der Waals surface area contributed by atoms with Crippen molar-refractivity contribution in [2.45, 2.75) is 0 Å². The molecule has 15 heavy (non-hydrogen) atoms. The SMILES string of the molecule is CNCCNc1cccc(Br)c1C(N)=O. The van der Waals surface area contributed by atoms with E-state index in [9.17, 15) is 4.79 Å². The molecule has 1 aromatic carbocycles. The monoisotopic (exact) mass is 271 g/mol. The molecular weight excluding hydrogens is 258 g/mol. The van der Waals surface area contributed by atoms with Crippen molar-refractivity contribution in [3.63, 3.8) is 0 Å². The van der Waals surface area contributed by atoms with Gasteiger partial charge in [0.15, 0.2) is 0 Å². The van der Waals surface area contributed by atoms with E-state index >= 15 is 0 Å². The van der Waals surface area contributed by atoms with Crippen LogP contribution < -0.4 is 16.4 Å². The molecule has 0 atom stereocenters. The Hall–Kier alpha value is -1.07. The van der Waals surface area contributed by atoms with Crippen molar-refractivity contribution in [3.8, 4) is 0 Å². The molecule has 0 fully saturated rings. The van der Waals surface area contributed by atoms with Gasteiger partial charge in [-0.1, -0.05) is 6.07 Å². The van der Waals surface area contributed by atoms with Gasteiger partial charge in [-0.3, -0.25) is 4.79 Å². The van der Waals surface area contributed by atoms with Gasteiger partial charge in [0, 0.05) is 23.2 Å². The van der Waals surface area contributed by atoms with Crippen LogP contribution in [0.1, 0.15) is 10.4 Å². The molecular formula is C10H14BrN3O. The quantitative estimate of drug-likeness (QED) is 0.705. The molecule has 1 rings (SSSR count). The number of nitrogens with two attached hydrogens (primary N) is 1. The zero-order valence-electron chi connectivity index (χ0n) is 8.51. The molecule has 0 spiro atoms. The van der Waals surface area contributed by atoms with E-state index in [2.05, 4.69) is 26.6 Å². The summed E-state index contributed by atoms with van der Waals surface area (Å²) in [5, 5.41) is 6.15. The number of amides is 1. The first-order chi connectivity index (χ1) is 7.16. The summed E-state index contributed by atoms with van der Waals surface area (Å²) in [6.45, 7) is 1.57. The van der Waals surface area contributed by atoms with Gasteiger partial charge in [0.2, 0.25) is 0 Å². The Bertz CT molecular complexity index is 355. The fourth-order valence-corrected chi connectivity index (χ4v) is 1.81. The standard InChI is InChI=1S/C10H14BrN3O/c1-13-5-6-14-8-4-2-3-7(11)9(8)10(12)15/h2-4,13-14H,5-6H2,1H3,(H2,12,15). The van der Waals surface area contributed by atoms with Crippen LogP contribution in [0.5, 0.6) is 0 Å². The van der Waals surface area contributed by atoms with Crippen LogP contribution in [0.15, 0.2) is 22.7 Å². The Morgan fingerprint density at radius 3 is 2.80 bits per heavy atom. The first kappa shape index (κ1) is 12.0. The molecule has 0 unspecified atom stereocenters. The van der Waals surface area contributed by atoms with E-state index in [0.29, 0.717) is 10.0 Å². The van der Waals surface area contributed by atoms with E-state index < -0.39 is 5.91 Å². The summed E-state index contributed by atoms with van der Waals surface area (Å²) < 4.78 is 0.712. The van der Waals surface area contributed by atoms with Gasteiger partial charge in [0.05, 0.1) is 5.56 Å². The third-order valence-electron chi connectivity index (χ3n) is 1.95. The number of benzene rings is 1. The molecule has 0 aromatic heterocycles. The maximum absolute atomic E-state index is 11.2. The Kier molecular flexibility index (Phi) is 4.58. The minimum absolute atomic E-state index is 0.436. The number of rotatable bonds is 5. The molecule has 5 heteroatoms. The first-order valence-corrected chi connectivity index (χ1v) is 5.43. The highest BCUT2D eigenvalue weighted by Crippen LogP contribution is 2.23. The molecule has 0 aliphatic heterocycles. The highest BCUT2D eigenvalue weighted by Gasteiger charge is 2.11. The highest BCUT2D eigenvalue weighted by atomic mass is 79.9. The molecule has 0 saturated heterocycles. The van der Waals surface area contributed by atoms with E-state index in [1.807, 2.05) is 19.2 Å². The average molecular weight is 272 g/mol. The van der Waals surface area contributed by atoms with Crippen molar-refractivity contribution >= 4 is 27.5 Å². The number of halogens is 1. The van der Waals surface area contributed by atoms with Crippen molar-refractivity contribution < 1.29 is 4.79 Å². The van der Waals surface area contributed by atoms with Gasteiger partial charge in [0.25, 0.3) is 5.91 Å². The lowest BCUT2D eigenvalue weighted by Gasteiger charge is -2.10. The normalized spacial score (nSPS) is 10.0. The van der Waals surface area contributed by atoms with Crippen LogP contribution in [0.4, 0.5) is 5.69 Å². The number of hydrogen-bond donors (Lipinski definition) is 3. The molecule has 0 bridgehead atoms. The number of likely N-dealkylation sites (N-methyl/N-ethyl adjacent to an activating group) is 1. The molecule has 0 heterocycles. The smallest absolute Gasteiger partial charge is 0.251 e. The van der Waals surface area contributed by atoms with E-state index in [0.717, 1.165) is 18.8 Å². The summed E-state index contributed by atoms with van der Waals surface area (Å²) in [7, 11) is 1.87. The van der Waals surface area contributed by atoms with Crippen LogP contribution in [0.3, 0.4) is 0 Å². The largest absolute Gasteiger partial charge is 0.383 e. The fraction of sp³-hybridized carbons (Fsp3) is 0.300. The van der Waals surface area contributed by atoms with Gasteiger partial charge in [-0.2, -0.15) is 0 Å². The Labute approximate surface area is 97.4 Å². The molecule has 1 aromatic rings. The number of carbonyl (C=O) groups is 1. The van der Waals surface area contributed by atoms with Crippen LogP contribution in [0, 0.1) is 0 Å². The number of primary amides is 1. The van der Waals surface area contributed by atoms with Gasteiger partial charge in [-0.25, -0.2) is 0 Å². The van der Waals surface area contributed by atoms with E-state index in [1.54, 1.807) is 6.07 Å². The lowest BCUT2D eigenvalue weighted by Crippen LogP contribution is -2.20. The average Bonchev–Trinajstić information content (AvgIpc) is 2.17. The second-order valence-corrected chi connectivity index (χ2v) is 3.91. The van der Waals surface area contributed by atoms with Gasteiger partial charge in [0.1, 0.15) is 0 Å². The Balaban J connectivity index is 2.86. The minimum atomic E-state index is -0.436. The lowest BCUT2D eigenvalue weighted by molar-refractivity contribution is 0.100. The van der Waals surface area contributed by atoms with Gasteiger partial charge in [-0.05, 0) is 35.1 Å². The van der Waals surface area contributed by atoms with Crippen LogP contribution in [-0.4, -0.2) is 26.0 Å². The maximum atomic E-state index is 11.2. The van der Waals surface area contributed by atoms with Crippen LogP contribution in [0.2, 0.25) is 0 Å². The zero-order valence-corrected chi connectivity index (χ0v) is 10.1. The van der Waals surface area contributed by atoms with Crippen molar-refractivity contribution in [3.05, 3.63) is 28.2 Å². The molecule has 0 radical (unpaired) electrons. The van der Waals surface area contributed by atoms with E-state index in [4.69, 9.17) is 5.73 Å². The summed E-state index contributed by atoms with van der Waals surface area (Å²) >= 11 is 3.30.